The van der Waals surface area contributed by atoms with Crippen LogP contribution in [0.15, 0.2) is 12.2 Å². The number of carbonyl (C=O) groups is 4. The smallest absolute Gasteiger partial charge is 0.335 e. The van der Waals surface area contributed by atoms with Crippen molar-refractivity contribution in [2.75, 3.05) is 12.3 Å². The molecule has 2 amide bonds. The van der Waals surface area contributed by atoms with E-state index < -0.39 is 28.7 Å². The number of aliphatic carboxylic acids is 1. The lowest BCUT2D eigenvalue weighted by Crippen LogP contribution is -2.60. The maximum Gasteiger partial charge on any atom is 0.335 e. The molecule has 8 heteroatoms. The van der Waals surface area contributed by atoms with E-state index in [4.69, 9.17) is 0 Å². The zero-order chi connectivity index (χ0) is 16.7. The van der Waals surface area contributed by atoms with Gasteiger partial charge in [-0.25, -0.2) is 14.8 Å². The molecule has 0 bridgehead atoms. The fraction of sp³-hybridized carbons (Fsp3) is 0.571. The molecular weight excluding hydrogens is 308 g/mol. The molecule has 0 spiro atoms. The van der Waals surface area contributed by atoms with E-state index in [2.05, 4.69) is 0 Å². The molecule has 1 fully saturated rings. The third-order valence-electron chi connectivity index (χ3n) is 4.11. The number of carboxylic acid groups (broad SMARTS) is 1. The van der Waals surface area contributed by atoms with Crippen molar-refractivity contribution in [3.8, 4) is 0 Å². The van der Waals surface area contributed by atoms with Crippen LogP contribution in [0.4, 0.5) is 0 Å². The van der Waals surface area contributed by atoms with Crippen LogP contribution in [0, 0.1) is 5.41 Å². The Morgan fingerprint density at radius 3 is 2.50 bits per heavy atom. The quantitative estimate of drug-likeness (QED) is 0.602. The first-order valence-corrected chi connectivity index (χ1v) is 7.84. The Morgan fingerprint density at radius 1 is 1.32 bits per heavy atom. The van der Waals surface area contributed by atoms with E-state index in [9.17, 15) is 24.3 Å². The molecule has 0 aliphatic carbocycles. The highest BCUT2D eigenvalue weighted by Gasteiger charge is 2.61. The van der Waals surface area contributed by atoms with Crippen LogP contribution in [0.3, 0.4) is 0 Å². The van der Waals surface area contributed by atoms with E-state index in [1.807, 2.05) is 0 Å². The molecule has 2 atom stereocenters. The van der Waals surface area contributed by atoms with Gasteiger partial charge < -0.3 is 5.11 Å². The molecular formula is C14H18N2O5S. The van der Waals surface area contributed by atoms with Crippen molar-refractivity contribution in [2.24, 2.45) is 5.41 Å². The van der Waals surface area contributed by atoms with Crippen molar-refractivity contribution >= 4 is 34.7 Å². The lowest BCUT2D eigenvalue weighted by molar-refractivity contribution is -0.171. The van der Waals surface area contributed by atoms with Crippen molar-refractivity contribution in [3.05, 3.63) is 12.2 Å². The minimum absolute atomic E-state index is 0.0865. The van der Waals surface area contributed by atoms with E-state index in [1.54, 1.807) is 6.08 Å². The summed E-state index contributed by atoms with van der Waals surface area (Å²) < 4.78 is 0. The van der Waals surface area contributed by atoms with Gasteiger partial charge in [0, 0.05) is 12.7 Å². The molecule has 22 heavy (non-hydrogen) atoms. The van der Waals surface area contributed by atoms with Gasteiger partial charge in [-0.2, -0.15) is 0 Å². The highest BCUT2D eigenvalue weighted by molar-refractivity contribution is 8.13. The molecule has 2 unspecified atom stereocenters. The molecule has 7 nitrogen and oxygen atoms in total. The zero-order valence-corrected chi connectivity index (χ0v) is 13.5. The minimum Gasteiger partial charge on any atom is -0.479 e. The van der Waals surface area contributed by atoms with Gasteiger partial charge in [0.25, 0.3) is 11.8 Å². The van der Waals surface area contributed by atoms with Crippen molar-refractivity contribution in [1.82, 2.24) is 10.0 Å². The second-order valence-corrected chi connectivity index (χ2v) is 7.05. The summed E-state index contributed by atoms with van der Waals surface area (Å²) in [6, 6.07) is 0. The molecule has 0 aromatic carbocycles. The maximum atomic E-state index is 12.7. The standard InChI is InChI=1S/C14H18N2O5S/c1-9(17)22-8-6-13(2)10(18)15-7-4-5-14(3,12(20)21)16(15)11(13)19/h4-5H,6-8H2,1-3H3,(H,20,21). The summed E-state index contributed by atoms with van der Waals surface area (Å²) in [5, 5.41) is 11.6. The van der Waals surface area contributed by atoms with Crippen LogP contribution in [-0.4, -0.2) is 55.9 Å². The molecule has 2 rings (SSSR count). The average molecular weight is 326 g/mol. The topological polar surface area (TPSA) is 95.0 Å². The number of thioether (sulfide) groups is 1. The van der Waals surface area contributed by atoms with E-state index in [0.717, 1.165) is 16.8 Å². The van der Waals surface area contributed by atoms with Crippen molar-refractivity contribution in [3.63, 3.8) is 0 Å². The summed E-state index contributed by atoms with van der Waals surface area (Å²) in [5.74, 6) is -1.81. The van der Waals surface area contributed by atoms with Crippen molar-refractivity contribution in [1.29, 1.82) is 0 Å². The second-order valence-electron chi connectivity index (χ2n) is 5.78. The third-order valence-corrected chi connectivity index (χ3v) is 4.93. The molecule has 0 radical (unpaired) electrons. The number of carbonyl (C=O) groups excluding carboxylic acids is 3. The lowest BCUT2D eigenvalue weighted by Gasteiger charge is -2.40. The van der Waals surface area contributed by atoms with Gasteiger partial charge in [-0.15, -0.1) is 0 Å². The van der Waals surface area contributed by atoms with Crippen LogP contribution in [0.25, 0.3) is 0 Å². The summed E-state index contributed by atoms with van der Waals surface area (Å²) in [6.07, 6.45) is 3.19. The summed E-state index contributed by atoms with van der Waals surface area (Å²) in [5.41, 5.74) is -2.90. The Bertz CT molecular complexity index is 590. The zero-order valence-electron chi connectivity index (χ0n) is 12.7. The first-order valence-electron chi connectivity index (χ1n) is 6.85. The van der Waals surface area contributed by atoms with E-state index in [-0.39, 0.29) is 18.1 Å². The predicted octanol–water partition coefficient (Wildman–Crippen LogP) is 0.661. The van der Waals surface area contributed by atoms with Gasteiger partial charge >= 0.3 is 5.97 Å². The predicted molar refractivity (Wildman–Crippen MR) is 79.6 cm³/mol. The number of nitrogens with zero attached hydrogens (tertiary/aromatic N) is 2. The normalized spacial score (nSPS) is 30.7. The van der Waals surface area contributed by atoms with Crippen molar-refractivity contribution < 1.29 is 24.3 Å². The van der Waals surface area contributed by atoms with Gasteiger partial charge in [0.2, 0.25) is 0 Å². The third kappa shape index (κ3) is 2.31. The highest BCUT2D eigenvalue weighted by Crippen LogP contribution is 2.41. The molecule has 1 N–H and O–H groups in total. The summed E-state index contributed by atoms with van der Waals surface area (Å²) >= 11 is 1.05. The van der Waals surface area contributed by atoms with Crippen LogP contribution >= 0.6 is 11.8 Å². The Labute approximate surface area is 132 Å². The number of hydrogen-bond acceptors (Lipinski definition) is 5. The number of hydrogen-bond donors (Lipinski definition) is 1. The second kappa shape index (κ2) is 5.42. The lowest BCUT2D eigenvalue weighted by atomic mass is 9.86. The summed E-state index contributed by atoms with van der Waals surface area (Å²) in [6.45, 7) is 4.49. The molecule has 0 aromatic rings. The highest BCUT2D eigenvalue weighted by atomic mass is 32.2. The van der Waals surface area contributed by atoms with Crippen LogP contribution in [0.1, 0.15) is 27.2 Å². The van der Waals surface area contributed by atoms with Gasteiger partial charge in [-0.05, 0) is 26.3 Å². The molecule has 0 aromatic heterocycles. The molecule has 0 saturated carbocycles. The van der Waals surface area contributed by atoms with Crippen LogP contribution in [0.5, 0.6) is 0 Å². The largest absolute Gasteiger partial charge is 0.479 e. The van der Waals surface area contributed by atoms with E-state index in [0.29, 0.717) is 5.75 Å². The monoisotopic (exact) mass is 326 g/mol. The maximum absolute atomic E-state index is 12.7. The van der Waals surface area contributed by atoms with Gasteiger partial charge in [0.15, 0.2) is 10.7 Å². The van der Waals surface area contributed by atoms with E-state index >= 15 is 0 Å². The summed E-state index contributed by atoms with van der Waals surface area (Å²) in [4.78, 5) is 47.9. The molecule has 120 valence electrons. The molecule has 1 saturated heterocycles. The minimum atomic E-state index is -1.57. The van der Waals surface area contributed by atoms with Crippen LogP contribution in [-0.2, 0) is 19.2 Å². The molecule has 2 heterocycles. The number of amides is 2. The van der Waals surface area contributed by atoms with Gasteiger partial charge in [0.05, 0.1) is 6.54 Å². The fourth-order valence-electron chi connectivity index (χ4n) is 2.66. The number of carboxylic acids is 1. The number of rotatable bonds is 4. The Kier molecular flexibility index (Phi) is 4.08. The van der Waals surface area contributed by atoms with E-state index in [1.165, 1.54) is 31.9 Å². The molecule has 2 aliphatic heterocycles. The summed E-state index contributed by atoms with van der Waals surface area (Å²) in [7, 11) is 0. The van der Waals surface area contributed by atoms with Crippen LogP contribution in [0.2, 0.25) is 0 Å². The Morgan fingerprint density at radius 2 is 1.95 bits per heavy atom. The number of hydrazine groups is 1. The van der Waals surface area contributed by atoms with Crippen molar-refractivity contribution in [2.45, 2.75) is 32.7 Å². The van der Waals surface area contributed by atoms with Gasteiger partial charge in [0.1, 0.15) is 5.41 Å². The molecule has 2 aliphatic rings. The Hall–Kier alpha value is -1.83. The first kappa shape index (κ1) is 16.5. The van der Waals surface area contributed by atoms with Gasteiger partial charge in [-0.3, -0.25) is 14.4 Å². The van der Waals surface area contributed by atoms with Crippen LogP contribution < -0.4 is 0 Å². The SMILES string of the molecule is CC(=O)SCCC1(C)C(=O)N2CC=CC(C)(C(=O)O)N2C1=O. The number of fused-ring (bicyclic) bond motifs is 1. The average Bonchev–Trinajstić information content (AvgIpc) is 2.62. The first-order chi connectivity index (χ1) is 10.1. The van der Waals surface area contributed by atoms with Gasteiger partial charge in [-0.1, -0.05) is 17.8 Å². The Balaban J connectivity index is 2.32. The fourth-order valence-corrected chi connectivity index (χ4v) is 3.46.